The van der Waals surface area contributed by atoms with E-state index in [1.54, 1.807) is 12.1 Å². The van der Waals surface area contributed by atoms with Gasteiger partial charge in [-0.2, -0.15) is 10.2 Å². The number of hydrogen-bond acceptors (Lipinski definition) is 6. The maximum absolute atomic E-state index is 13.5. The van der Waals surface area contributed by atoms with Gasteiger partial charge in [-0.1, -0.05) is 11.6 Å². The number of aromatic nitrogens is 2. The Hall–Kier alpha value is -2.43. The van der Waals surface area contributed by atoms with Crippen LogP contribution in [0.4, 0.5) is 21.8 Å². The summed E-state index contributed by atoms with van der Waals surface area (Å²) in [4.78, 5) is 7.42. The Labute approximate surface area is 113 Å². The first-order chi connectivity index (χ1) is 9.13. The highest BCUT2D eigenvalue weighted by Gasteiger charge is 2.09. The van der Waals surface area contributed by atoms with Gasteiger partial charge >= 0.3 is 0 Å². The van der Waals surface area contributed by atoms with Gasteiger partial charge in [0.05, 0.1) is 28.5 Å². The molecular formula is C11H8ClFN6. The van der Waals surface area contributed by atoms with Gasteiger partial charge in [-0.25, -0.2) is 15.2 Å². The van der Waals surface area contributed by atoms with Gasteiger partial charge in [-0.05, 0) is 18.2 Å². The highest BCUT2D eigenvalue weighted by molar-refractivity contribution is 6.33. The molecule has 1 heterocycles. The monoisotopic (exact) mass is 278 g/mol. The number of halogens is 2. The number of nitrogens with two attached hydrogens (primary N) is 1. The van der Waals surface area contributed by atoms with Crippen molar-refractivity contribution in [3.63, 3.8) is 0 Å². The molecule has 1 aromatic carbocycles. The minimum absolute atomic E-state index is 0.0636. The number of anilines is 3. The molecule has 0 radical (unpaired) electrons. The molecule has 0 saturated carbocycles. The molecule has 0 bridgehead atoms. The maximum atomic E-state index is 13.5. The van der Waals surface area contributed by atoms with Crippen molar-refractivity contribution in [1.29, 1.82) is 5.26 Å². The summed E-state index contributed by atoms with van der Waals surface area (Å²) in [5.74, 6) is 4.48. The lowest BCUT2D eigenvalue weighted by molar-refractivity contribution is 0.619. The maximum Gasteiger partial charge on any atom is 0.239 e. The molecule has 2 aromatic rings. The number of benzene rings is 1. The quantitative estimate of drug-likeness (QED) is 0.588. The predicted molar refractivity (Wildman–Crippen MR) is 69.2 cm³/mol. The molecule has 0 saturated heterocycles. The van der Waals surface area contributed by atoms with E-state index < -0.39 is 5.82 Å². The first kappa shape index (κ1) is 13.0. The van der Waals surface area contributed by atoms with Crippen molar-refractivity contribution in [2.24, 2.45) is 5.84 Å². The van der Waals surface area contributed by atoms with E-state index in [9.17, 15) is 4.39 Å². The molecule has 0 spiro atoms. The number of hydrogen-bond donors (Lipinski definition) is 3. The lowest BCUT2D eigenvalue weighted by Crippen LogP contribution is -2.12. The van der Waals surface area contributed by atoms with Gasteiger partial charge in [0.15, 0.2) is 11.6 Å². The van der Waals surface area contributed by atoms with E-state index in [0.29, 0.717) is 11.3 Å². The second-order valence-electron chi connectivity index (χ2n) is 3.47. The summed E-state index contributed by atoms with van der Waals surface area (Å²) in [6, 6.07) is 6.52. The summed E-state index contributed by atoms with van der Waals surface area (Å²) < 4.78 is 13.5. The standard InChI is InChI=1S/C11H8ClFN6/c12-7-3-6(4-14)1-2-9(7)17-10-8(13)5-16-11(18-10)19-15/h1-3,5H,15H2,(H2,16,17,18,19). The van der Waals surface area contributed by atoms with Gasteiger partial charge in [0, 0.05) is 0 Å². The van der Waals surface area contributed by atoms with E-state index in [1.165, 1.54) is 6.07 Å². The summed E-state index contributed by atoms with van der Waals surface area (Å²) in [6.45, 7) is 0. The third-order valence-corrected chi connectivity index (χ3v) is 2.54. The third-order valence-electron chi connectivity index (χ3n) is 2.22. The Balaban J connectivity index is 2.33. The van der Waals surface area contributed by atoms with E-state index in [0.717, 1.165) is 6.20 Å². The molecule has 4 N–H and O–H groups in total. The topological polar surface area (TPSA) is 99.7 Å². The first-order valence-corrected chi connectivity index (χ1v) is 5.47. The van der Waals surface area contributed by atoms with Crippen molar-refractivity contribution in [3.8, 4) is 6.07 Å². The Morgan fingerprint density at radius 2 is 2.21 bits per heavy atom. The highest BCUT2D eigenvalue weighted by Crippen LogP contribution is 2.26. The average Bonchev–Trinajstić information content (AvgIpc) is 2.43. The van der Waals surface area contributed by atoms with Crippen molar-refractivity contribution in [2.75, 3.05) is 10.7 Å². The molecule has 0 unspecified atom stereocenters. The molecule has 19 heavy (non-hydrogen) atoms. The second kappa shape index (κ2) is 5.48. The second-order valence-corrected chi connectivity index (χ2v) is 3.87. The lowest BCUT2D eigenvalue weighted by Gasteiger charge is -2.09. The molecule has 0 fully saturated rings. The number of nitrogen functional groups attached to an aromatic ring is 1. The van der Waals surface area contributed by atoms with Crippen LogP contribution in [0.1, 0.15) is 5.56 Å². The fourth-order valence-electron chi connectivity index (χ4n) is 1.34. The Bertz CT molecular complexity index is 654. The molecule has 8 heteroatoms. The van der Waals surface area contributed by atoms with Crippen molar-refractivity contribution >= 4 is 29.1 Å². The summed E-state index contributed by atoms with van der Waals surface area (Å²) in [5, 5.41) is 11.7. The predicted octanol–water partition coefficient (Wildman–Crippen LogP) is 2.17. The van der Waals surface area contributed by atoms with Crippen molar-refractivity contribution in [1.82, 2.24) is 9.97 Å². The van der Waals surface area contributed by atoms with Gasteiger partial charge in [0.2, 0.25) is 5.95 Å². The lowest BCUT2D eigenvalue weighted by atomic mass is 10.2. The summed E-state index contributed by atoms with van der Waals surface area (Å²) >= 11 is 5.96. The van der Waals surface area contributed by atoms with Crippen molar-refractivity contribution in [2.45, 2.75) is 0 Å². The van der Waals surface area contributed by atoms with Crippen LogP contribution >= 0.6 is 11.6 Å². The Morgan fingerprint density at radius 1 is 1.42 bits per heavy atom. The molecule has 0 amide bonds. The smallest absolute Gasteiger partial charge is 0.239 e. The number of hydrazine groups is 1. The van der Waals surface area contributed by atoms with Crippen LogP contribution in [0, 0.1) is 17.1 Å². The van der Waals surface area contributed by atoms with E-state index in [4.69, 9.17) is 22.7 Å². The molecule has 0 aliphatic rings. The molecule has 96 valence electrons. The third kappa shape index (κ3) is 2.88. The van der Waals surface area contributed by atoms with Gasteiger partial charge in [-0.15, -0.1) is 0 Å². The molecule has 0 atom stereocenters. The molecule has 2 rings (SSSR count). The normalized spacial score (nSPS) is 9.79. The summed E-state index contributed by atoms with van der Waals surface area (Å²) in [5.41, 5.74) is 3.03. The number of nitrogens with one attached hydrogen (secondary N) is 2. The van der Waals surface area contributed by atoms with Gasteiger partial charge in [0.25, 0.3) is 0 Å². The van der Waals surface area contributed by atoms with Crippen LogP contribution in [0.5, 0.6) is 0 Å². The zero-order valence-corrected chi connectivity index (χ0v) is 10.2. The zero-order chi connectivity index (χ0) is 13.8. The minimum Gasteiger partial charge on any atom is -0.336 e. The van der Waals surface area contributed by atoms with Crippen LogP contribution in [-0.4, -0.2) is 9.97 Å². The van der Waals surface area contributed by atoms with Crippen LogP contribution < -0.4 is 16.6 Å². The van der Waals surface area contributed by atoms with Crippen LogP contribution in [0.3, 0.4) is 0 Å². The summed E-state index contributed by atoms with van der Waals surface area (Å²) in [6.07, 6.45) is 0.974. The van der Waals surface area contributed by atoms with Crippen LogP contribution in [0.15, 0.2) is 24.4 Å². The Kier molecular flexibility index (Phi) is 3.75. The first-order valence-electron chi connectivity index (χ1n) is 5.10. The van der Waals surface area contributed by atoms with Gasteiger partial charge < -0.3 is 5.32 Å². The van der Waals surface area contributed by atoms with Crippen LogP contribution in [0.25, 0.3) is 0 Å². The minimum atomic E-state index is -0.653. The zero-order valence-electron chi connectivity index (χ0n) is 9.48. The fourth-order valence-corrected chi connectivity index (χ4v) is 1.57. The van der Waals surface area contributed by atoms with Crippen molar-refractivity contribution in [3.05, 3.63) is 40.8 Å². The molecule has 0 aliphatic carbocycles. The fraction of sp³-hybridized carbons (Fsp3) is 0. The van der Waals surface area contributed by atoms with E-state index in [1.807, 2.05) is 6.07 Å². The molecule has 1 aromatic heterocycles. The van der Waals surface area contributed by atoms with Gasteiger partial charge in [-0.3, -0.25) is 5.43 Å². The molecule has 0 aliphatic heterocycles. The largest absolute Gasteiger partial charge is 0.336 e. The number of rotatable bonds is 3. The van der Waals surface area contributed by atoms with E-state index in [2.05, 4.69) is 20.7 Å². The highest BCUT2D eigenvalue weighted by atomic mass is 35.5. The molecule has 6 nitrogen and oxygen atoms in total. The SMILES string of the molecule is N#Cc1ccc(Nc2nc(NN)ncc2F)c(Cl)c1. The van der Waals surface area contributed by atoms with Crippen LogP contribution in [0.2, 0.25) is 5.02 Å². The molecular weight excluding hydrogens is 271 g/mol. The van der Waals surface area contributed by atoms with Gasteiger partial charge in [0.1, 0.15) is 0 Å². The van der Waals surface area contributed by atoms with Crippen LogP contribution in [-0.2, 0) is 0 Å². The number of nitrogens with zero attached hydrogens (tertiary/aromatic N) is 3. The van der Waals surface area contributed by atoms with Crippen molar-refractivity contribution < 1.29 is 4.39 Å². The average molecular weight is 279 g/mol. The van der Waals surface area contributed by atoms with E-state index >= 15 is 0 Å². The number of nitriles is 1. The van der Waals surface area contributed by atoms with E-state index in [-0.39, 0.29) is 16.8 Å². The summed E-state index contributed by atoms with van der Waals surface area (Å²) in [7, 11) is 0. The Morgan fingerprint density at radius 3 is 2.84 bits per heavy atom.